The van der Waals surface area contributed by atoms with E-state index in [1.165, 1.54) is 16.6 Å². The molecule has 2 unspecified atom stereocenters. The van der Waals surface area contributed by atoms with Gasteiger partial charge in [0.05, 0.1) is 6.54 Å². The van der Waals surface area contributed by atoms with Gasteiger partial charge in [-0.25, -0.2) is 8.42 Å². The van der Waals surface area contributed by atoms with Crippen molar-refractivity contribution in [3.05, 3.63) is 24.5 Å². The quantitative estimate of drug-likeness (QED) is 0.814. The number of sulfonamides is 1. The third-order valence-electron chi connectivity index (χ3n) is 4.97. The second kappa shape index (κ2) is 6.80. The van der Waals surface area contributed by atoms with E-state index < -0.39 is 10.0 Å². The van der Waals surface area contributed by atoms with E-state index in [1.807, 2.05) is 18.7 Å². The fourth-order valence-electron chi connectivity index (χ4n) is 3.54. The molecule has 0 radical (unpaired) electrons. The highest BCUT2D eigenvalue weighted by molar-refractivity contribution is 7.89. The Morgan fingerprint density at radius 1 is 1.25 bits per heavy atom. The van der Waals surface area contributed by atoms with Crippen molar-refractivity contribution in [2.75, 3.05) is 6.54 Å². The van der Waals surface area contributed by atoms with E-state index in [1.54, 1.807) is 12.3 Å². The van der Waals surface area contributed by atoms with Gasteiger partial charge in [0.25, 0.3) is 0 Å². The van der Waals surface area contributed by atoms with Crippen molar-refractivity contribution >= 4 is 15.9 Å². The van der Waals surface area contributed by atoms with Crippen molar-refractivity contribution < 1.29 is 13.2 Å². The first-order valence-electron chi connectivity index (χ1n) is 8.64. The highest BCUT2D eigenvalue weighted by atomic mass is 32.2. The first kappa shape index (κ1) is 17.4. The molecule has 2 atom stereocenters. The monoisotopic (exact) mass is 351 g/mol. The lowest BCUT2D eigenvalue weighted by Crippen LogP contribution is -2.52. The molecule has 0 spiro atoms. The van der Waals surface area contributed by atoms with Crippen molar-refractivity contribution in [2.45, 2.75) is 69.0 Å². The van der Waals surface area contributed by atoms with E-state index in [9.17, 15) is 13.2 Å². The maximum absolute atomic E-state index is 12.9. The molecule has 1 saturated heterocycles. The fraction of sp³-hybridized carbons (Fsp3) is 0.647. The number of carbonyl (C=O) groups excluding carboxylic acids is 1. The van der Waals surface area contributed by atoms with Gasteiger partial charge in [-0.05, 0) is 58.1 Å². The van der Waals surface area contributed by atoms with Gasteiger partial charge in [-0.3, -0.25) is 9.78 Å². The second-order valence-corrected chi connectivity index (χ2v) is 8.79. The fourth-order valence-corrected chi connectivity index (χ4v) is 5.13. The minimum atomic E-state index is -3.68. The molecule has 1 aliphatic heterocycles. The zero-order chi connectivity index (χ0) is 17.3. The summed E-state index contributed by atoms with van der Waals surface area (Å²) >= 11 is 0. The van der Waals surface area contributed by atoms with Crippen molar-refractivity contribution in [3.8, 4) is 0 Å². The van der Waals surface area contributed by atoms with Gasteiger partial charge in [0.1, 0.15) is 4.90 Å². The molecule has 3 rings (SSSR count). The molecule has 1 aromatic rings. The van der Waals surface area contributed by atoms with Gasteiger partial charge in [-0.2, -0.15) is 4.31 Å². The van der Waals surface area contributed by atoms with E-state index >= 15 is 0 Å². The summed E-state index contributed by atoms with van der Waals surface area (Å²) in [6.45, 7) is 4.02. The Labute approximate surface area is 143 Å². The number of carbonyl (C=O) groups is 1. The van der Waals surface area contributed by atoms with Gasteiger partial charge < -0.3 is 4.90 Å². The Morgan fingerprint density at radius 3 is 2.46 bits per heavy atom. The van der Waals surface area contributed by atoms with Gasteiger partial charge >= 0.3 is 0 Å². The molecule has 0 bridgehead atoms. The summed E-state index contributed by atoms with van der Waals surface area (Å²) in [6.07, 6.45) is 7.61. The standard InChI is InChI=1S/C17H25N3O3S/c1-13-5-3-6-14(2)20(13)17(21)12-19(15-8-9-15)24(22,23)16-7-4-10-18-11-16/h4,7,10-11,13-15H,3,5-6,8-9,12H2,1-2H3. The average Bonchev–Trinajstić information content (AvgIpc) is 3.38. The van der Waals surface area contributed by atoms with Crippen LogP contribution in [-0.4, -0.2) is 53.2 Å². The number of likely N-dealkylation sites (tertiary alicyclic amines) is 1. The predicted octanol–water partition coefficient (Wildman–Crippen LogP) is 2.02. The first-order chi connectivity index (χ1) is 11.4. The lowest BCUT2D eigenvalue weighted by atomic mass is 9.97. The summed E-state index contributed by atoms with van der Waals surface area (Å²) in [6, 6.07) is 3.42. The lowest BCUT2D eigenvalue weighted by molar-refractivity contribution is -0.137. The number of nitrogens with zero attached hydrogens (tertiary/aromatic N) is 3. The molecule has 2 heterocycles. The summed E-state index contributed by atoms with van der Waals surface area (Å²) in [5, 5.41) is 0. The molecule has 7 heteroatoms. The van der Waals surface area contributed by atoms with Gasteiger partial charge in [-0.1, -0.05) is 0 Å². The number of hydrogen-bond acceptors (Lipinski definition) is 4. The third-order valence-corrected chi connectivity index (χ3v) is 6.85. The molecular formula is C17H25N3O3S. The van der Waals surface area contributed by atoms with E-state index in [0.29, 0.717) is 0 Å². The highest BCUT2D eigenvalue weighted by Gasteiger charge is 2.41. The summed E-state index contributed by atoms with van der Waals surface area (Å²) in [5.41, 5.74) is 0. The van der Waals surface area contributed by atoms with Gasteiger partial charge in [-0.15, -0.1) is 0 Å². The Kier molecular flexibility index (Phi) is 4.92. The number of rotatable bonds is 5. The van der Waals surface area contributed by atoms with Crippen LogP contribution in [0.4, 0.5) is 0 Å². The second-order valence-electron chi connectivity index (χ2n) is 6.90. The molecule has 1 aliphatic carbocycles. The molecule has 132 valence electrons. The summed E-state index contributed by atoms with van der Waals surface area (Å²) in [5.74, 6) is -0.0888. The van der Waals surface area contributed by atoms with Crippen LogP contribution >= 0.6 is 0 Å². The summed E-state index contributed by atoms with van der Waals surface area (Å²) < 4.78 is 27.2. The van der Waals surface area contributed by atoms with Crippen LogP contribution in [-0.2, 0) is 14.8 Å². The number of pyridine rings is 1. The van der Waals surface area contributed by atoms with Gasteiger partial charge in [0.2, 0.25) is 15.9 Å². The first-order valence-corrected chi connectivity index (χ1v) is 10.1. The molecule has 2 aliphatic rings. The SMILES string of the molecule is CC1CCCC(C)N1C(=O)CN(C1CC1)S(=O)(=O)c1cccnc1. The average molecular weight is 351 g/mol. The molecule has 1 aromatic heterocycles. The minimum Gasteiger partial charge on any atom is -0.336 e. The Morgan fingerprint density at radius 2 is 1.92 bits per heavy atom. The van der Waals surface area contributed by atoms with Crippen molar-refractivity contribution in [3.63, 3.8) is 0 Å². The van der Waals surface area contributed by atoms with Gasteiger partial charge in [0, 0.05) is 30.5 Å². The largest absolute Gasteiger partial charge is 0.336 e. The Bertz CT molecular complexity index is 678. The molecule has 6 nitrogen and oxygen atoms in total. The summed E-state index contributed by atoms with van der Waals surface area (Å²) in [4.78, 5) is 18.8. The molecule has 1 saturated carbocycles. The molecule has 0 N–H and O–H groups in total. The van der Waals surface area contributed by atoms with E-state index in [2.05, 4.69) is 4.98 Å². The molecule has 24 heavy (non-hydrogen) atoms. The van der Waals surface area contributed by atoms with E-state index in [4.69, 9.17) is 0 Å². The van der Waals surface area contributed by atoms with Gasteiger partial charge in [0.15, 0.2) is 0 Å². The molecular weight excluding hydrogens is 326 g/mol. The molecule has 0 aromatic carbocycles. The Hall–Kier alpha value is -1.47. The topological polar surface area (TPSA) is 70.6 Å². The van der Waals surface area contributed by atoms with E-state index in [-0.39, 0.29) is 35.5 Å². The van der Waals surface area contributed by atoms with Crippen LogP contribution < -0.4 is 0 Å². The smallest absolute Gasteiger partial charge is 0.245 e. The molecule has 2 fully saturated rings. The normalized spacial score (nSPS) is 25.0. The number of amides is 1. The zero-order valence-corrected chi connectivity index (χ0v) is 15.1. The molecule has 1 amide bonds. The zero-order valence-electron chi connectivity index (χ0n) is 14.3. The number of aromatic nitrogens is 1. The maximum Gasteiger partial charge on any atom is 0.245 e. The number of hydrogen-bond donors (Lipinski definition) is 0. The van der Waals surface area contributed by atoms with Crippen LogP contribution in [0.1, 0.15) is 46.0 Å². The number of piperidine rings is 1. The van der Waals surface area contributed by atoms with Crippen LogP contribution in [0, 0.1) is 0 Å². The third kappa shape index (κ3) is 3.47. The maximum atomic E-state index is 12.9. The van der Waals surface area contributed by atoms with Crippen molar-refractivity contribution in [1.82, 2.24) is 14.2 Å². The van der Waals surface area contributed by atoms with Crippen LogP contribution in [0.5, 0.6) is 0 Å². The predicted molar refractivity (Wildman–Crippen MR) is 90.8 cm³/mol. The van der Waals surface area contributed by atoms with E-state index in [0.717, 1.165) is 32.1 Å². The van der Waals surface area contributed by atoms with Crippen molar-refractivity contribution in [2.24, 2.45) is 0 Å². The highest BCUT2D eigenvalue weighted by Crippen LogP contribution is 2.32. The van der Waals surface area contributed by atoms with Crippen LogP contribution in [0.25, 0.3) is 0 Å². The minimum absolute atomic E-state index is 0.0606. The van der Waals surface area contributed by atoms with Crippen LogP contribution in [0.15, 0.2) is 29.4 Å². The summed E-state index contributed by atoms with van der Waals surface area (Å²) in [7, 11) is -3.68. The van der Waals surface area contributed by atoms with Crippen LogP contribution in [0.3, 0.4) is 0 Å². The Balaban J connectivity index is 1.81. The van der Waals surface area contributed by atoms with Crippen molar-refractivity contribution in [1.29, 1.82) is 0 Å². The lowest BCUT2D eigenvalue weighted by Gasteiger charge is -2.40. The van der Waals surface area contributed by atoms with Crippen LogP contribution in [0.2, 0.25) is 0 Å².